The lowest BCUT2D eigenvalue weighted by Gasteiger charge is -2.07. The third-order valence-electron chi connectivity index (χ3n) is 4.19. The normalized spacial score (nSPS) is 13.0. The molecule has 0 spiro atoms. The second-order valence-corrected chi connectivity index (χ2v) is 5.93. The second kappa shape index (κ2) is 7.79. The molecule has 1 aliphatic carbocycles. The molecule has 25 heavy (non-hydrogen) atoms. The minimum Gasteiger partial charge on any atom is -0.497 e. The summed E-state index contributed by atoms with van der Waals surface area (Å²) in [6.07, 6.45) is 6.12. The van der Waals surface area contributed by atoms with Crippen LogP contribution in [0.2, 0.25) is 0 Å². The number of benzene rings is 1. The molecule has 0 saturated heterocycles. The molecule has 1 N–H and O–H groups in total. The van der Waals surface area contributed by atoms with Gasteiger partial charge in [0, 0.05) is 18.7 Å². The number of carbonyl (C=O) groups excluding carboxylic acids is 1. The quantitative estimate of drug-likeness (QED) is 0.811. The predicted molar refractivity (Wildman–Crippen MR) is 95.6 cm³/mol. The smallest absolute Gasteiger partial charge is 0.267 e. The largest absolute Gasteiger partial charge is 0.497 e. The number of methoxy groups -OCH3 is 1. The molecule has 130 valence electrons. The van der Waals surface area contributed by atoms with Crippen LogP contribution in [0.15, 0.2) is 41.2 Å². The number of nitrogens with zero attached hydrogens (tertiary/aromatic N) is 2. The molecule has 0 aliphatic heterocycles. The molecule has 1 aromatic carbocycles. The Morgan fingerprint density at radius 2 is 2.12 bits per heavy atom. The number of rotatable bonds is 6. The molecular formula is C19H21N3O3. The van der Waals surface area contributed by atoms with Gasteiger partial charge in [-0.25, -0.2) is 4.68 Å². The van der Waals surface area contributed by atoms with Crippen molar-refractivity contribution in [3.05, 3.63) is 63.6 Å². The van der Waals surface area contributed by atoms with E-state index in [4.69, 9.17) is 4.74 Å². The molecule has 0 bridgehead atoms. The van der Waals surface area contributed by atoms with Gasteiger partial charge in [0.25, 0.3) is 5.56 Å². The van der Waals surface area contributed by atoms with Crippen LogP contribution in [0.3, 0.4) is 0 Å². The van der Waals surface area contributed by atoms with Crippen molar-refractivity contribution < 1.29 is 9.53 Å². The molecule has 1 aliphatic rings. The maximum atomic E-state index is 12.0. The van der Waals surface area contributed by atoms with Gasteiger partial charge in [0.1, 0.15) is 5.75 Å². The number of hydrogen-bond donors (Lipinski definition) is 1. The van der Waals surface area contributed by atoms with Crippen LogP contribution in [0.25, 0.3) is 6.08 Å². The summed E-state index contributed by atoms with van der Waals surface area (Å²) in [5.74, 6) is 0.568. The summed E-state index contributed by atoms with van der Waals surface area (Å²) in [7, 11) is 1.61. The minimum atomic E-state index is -0.204. The van der Waals surface area contributed by atoms with E-state index in [2.05, 4.69) is 10.4 Å². The van der Waals surface area contributed by atoms with Gasteiger partial charge in [-0.1, -0.05) is 12.1 Å². The lowest BCUT2D eigenvalue weighted by Crippen LogP contribution is -2.31. The van der Waals surface area contributed by atoms with Gasteiger partial charge in [0.2, 0.25) is 5.91 Å². The molecule has 6 heteroatoms. The SMILES string of the molecule is COc1ccc(/C=C/C(=O)NCCn2nc3c(cc2=O)CCC3)cc1. The number of nitrogens with one attached hydrogen (secondary N) is 1. The monoisotopic (exact) mass is 339 g/mol. The van der Waals surface area contributed by atoms with E-state index in [1.807, 2.05) is 24.3 Å². The number of aryl methyl sites for hydroxylation is 2. The Labute approximate surface area is 146 Å². The minimum absolute atomic E-state index is 0.108. The first-order valence-corrected chi connectivity index (χ1v) is 8.35. The van der Waals surface area contributed by atoms with Crippen LogP contribution in [0, 0.1) is 0 Å². The average Bonchev–Trinajstić information content (AvgIpc) is 3.07. The van der Waals surface area contributed by atoms with E-state index < -0.39 is 0 Å². The van der Waals surface area contributed by atoms with Crippen LogP contribution in [0.1, 0.15) is 23.2 Å². The summed E-state index contributed by atoms with van der Waals surface area (Å²) in [6.45, 7) is 0.728. The summed E-state index contributed by atoms with van der Waals surface area (Å²) in [5, 5.41) is 7.15. The molecule has 0 radical (unpaired) electrons. The average molecular weight is 339 g/mol. The van der Waals surface area contributed by atoms with Crippen molar-refractivity contribution in [3.8, 4) is 5.75 Å². The fourth-order valence-corrected chi connectivity index (χ4v) is 2.83. The molecule has 6 nitrogen and oxygen atoms in total. The van der Waals surface area contributed by atoms with Crippen molar-refractivity contribution in [1.82, 2.24) is 15.1 Å². The van der Waals surface area contributed by atoms with E-state index in [0.717, 1.165) is 41.8 Å². The topological polar surface area (TPSA) is 73.2 Å². The van der Waals surface area contributed by atoms with Crippen molar-refractivity contribution in [2.45, 2.75) is 25.8 Å². The number of aromatic nitrogens is 2. The molecule has 0 saturated carbocycles. The van der Waals surface area contributed by atoms with E-state index in [-0.39, 0.29) is 11.5 Å². The molecule has 1 amide bonds. The maximum absolute atomic E-state index is 12.0. The molecule has 3 rings (SSSR count). The molecular weight excluding hydrogens is 318 g/mol. The number of hydrogen-bond acceptors (Lipinski definition) is 4. The van der Waals surface area contributed by atoms with Gasteiger partial charge in [-0.05, 0) is 48.6 Å². The highest BCUT2D eigenvalue weighted by Gasteiger charge is 2.14. The van der Waals surface area contributed by atoms with Crippen LogP contribution < -0.4 is 15.6 Å². The van der Waals surface area contributed by atoms with Gasteiger partial charge in [0.15, 0.2) is 0 Å². The number of amides is 1. The standard InChI is InChI=1S/C19H21N3O3/c1-25-16-8-5-14(6-9-16)7-10-18(23)20-11-12-22-19(24)13-15-3-2-4-17(15)21-22/h5-10,13H,2-4,11-12H2,1H3,(H,20,23)/b10-7+. The Bertz CT molecular complexity index is 838. The Morgan fingerprint density at radius 1 is 1.32 bits per heavy atom. The molecule has 1 aromatic heterocycles. The lowest BCUT2D eigenvalue weighted by atomic mass is 10.2. The van der Waals surface area contributed by atoms with E-state index in [9.17, 15) is 9.59 Å². The Balaban J connectivity index is 1.51. The zero-order valence-corrected chi connectivity index (χ0v) is 14.2. The highest BCUT2D eigenvalue weighted by atomic mass is 16.5. The van der Waals surface area contributed by atoms with E-state index in [1.165, 1.54) is 10.8 Å². The van der Waals surface area contributed by atoms with E-state index in [1.54, 1.807) is 19.3 Å². The summed E-state index contributed by atoms with van der Waals surface area (Å²) >= 11 is 0. The van der Waals surface area contributed by atoms with Gasteiger partial charge in [-0.3, -0.25) is 9.59 Å². The summed E-state index contributed by atoms with van der Waals surface area (Å²) in [5.41, 5.74) is 2.87. The molecule has 2 aromatic rings. The first-order chi connectivity index (χ1) is 12.2. The number of ether oxygens (including phenoxy) is 1. The van der Waals surface area contributed by atoms with Crippen LogP contribution in [0.4, 0.5) is 0 Å². The van der Waals surface area contributed by atoms with Crippen LogP contribution in [-0.4, -0.2) is 29.3 Å². The van der Waals surface area contributed by atoms with Crippen molar-refractivity contribution in [2.75, 3.05) is 13.7 Å². The van der Waals surface area contributed by atoms with Crippen LogP contribution >= 0.6 is 0 Å². The van der Waals surface area contributed by atoms with Crippen molar-refractivity contribution in [1.29, 1.82) is 0 Å². The number of fused-ring (bicyclic) bond motifs is 1. The molecule has 0 fully saturated rings. The van der Waals surface area contributed by atoms with Gasteiger partial charge >= 0.3 is 0 Å². The highest BCUT2D eigenvalue weighted by molar-refractivity contribution is 5.91. The fourth-order valence-electron chi connectivity index (χ4n) is 2.83. The van der Waals surface area contributed by atoms with Crippen LogP contribution in [-0.2, 0) is 24.2 Å². The molecule has 0 atom stereocenters. The van der Waals surface area contributed by atoms with Crippen molar-refractivity contribution >= 4 is 12.0 Å². The van der Waals surface area contributed by atoms with Gasteiger partial charge in [-0.15, -0.1) is 0 Å². The van der Waals surface area contributed by atoms with Gasteiger partial charge < -0.3 is 10.1 Å². The molecule has 1 heterocycles. The predicted octanol–water partition coefficient (Wildman–Crippen LogP) is 1.57. The fraction of sp³-hybridized carbons (Fsp3) is 0.316. The van der Waals surface area contributed by atoms with E-state index in [0.29, 0.717) is 13.1 Å². The van der Waals surface area contributed by atoms with E-state index >= 15 is 0 Å². The Kier molecular flexibility index (Phi) is 5.28. The second-order valence-electron chi connectivity index (χ2n) is 5.93. The van der Waals surface area contributed by atoms with Gasteiger partial charge in [-0.2, -0.15) is 5.10 Å². The molecule has 0 unspecified atom stereocenters. The summed E-state index contributed by atoms with van der Waals surface area (Å²) in [4.78, 5) is 23.9. The lowest BCUT2D eigenvalue weighted by molar-refractivity contribution is -0.116. The summed E-state index contributed by atoms with van der Waals surface area (Å²) in [6, 6.07) is 9.08. The maximum Gasteiger partial charge on any atom is 0.267 e. The van der Waals surface area contributed by atoms with Gasteiger partial charge in [0.05, 0.1) is 19.3 Å². The van der Waals surface area contributed by atoms with Crippen molar-refractivity contribution in [2.24, 2.45) is 0 Å². The summed E-state index contributed by atoms with van der Waals surface area (Å²) < 4.78 is 6.52. The van der Waals surface area contributed by atoms with Crippen molar-refractivity contribution in [3.63, 3.8) is 0 Å². The first kappa shape index (κ1) is 17.0. The first-order valence-electron chi connectivity index (χ1n) is 8.35. The zero-order chi connectivity index (χ0) is 17.6. The highest BCUT2D eigenvalue weighted by Crippen LogP contribution is 2.16. The third kappa shape index (κ3) is 4.35. The zero-order valence-electron chi connectivity index (χ0n) is 14.2. The Hall–Kier alpha value is -2.89. The van der Waals surface area contributed by atoms with Crippen LogP contribution in [0.5, 0.6) is 5.75 Å². The third-order valence-corrected chi connectivity index (χ3v) is 4.19. The number of carbonyl (C=O) groups is 1. The Morgan fingerprint density at radius 3 is 2.88 bits per heavy atom.